The van der Waals surface area contributed by atoms with Gasteiger partial charge < -0.3 is 19.5 Å². The Morgan fingerprint density at radius 1 is 1.16 bits per heavy atom. The minimum atomic E-state index is -4.45. The monoisotopic (exact) mass is 629 g/mol. The van der Waals surface area contributed by atoms with Gasteiger partial charge in [0.25, 0.3) is 0 Å². The fraction of sp³-hybridized carbons (Fsp3) is 0.429. The van der Waals surface area contributed by atoms with Gasteiger partial charge in [0.15, 0.2) is 0 Å². The van der Waals surface area contributed by atoms with Crippen molar-refractivity contribution >= 4 is 40.4 Å². The maximum absolute atomic E-state index is 14.3. The van der Waals surface area contributed by atoms with E-state index in [0.29, 0.717) is 51.5 Å². The first-order chi connectivity index (χ1) is 21.0. The van der Waals surface area contributed by atoms with Crippen LogP contribution in [-0.4, -0.2) is 66.0 Å². The third-order valence-corrected chi connectivity index (χ3v) is 9.27. The summed E-state index contributed by atoms with van der Waals surface area (Å²) in [6.07, 6.45) is 1.31. The van der Waals surface area contributed by atoms with Gasteiger partial charge in [-0.15, -0.1) is 0 Å². The molecule has 0 bridgehead atoms. The van der Waals surface area contributed by atoms with E-state index in [1.807, 2.05) is 0 Å². The zero-order valence-electron chi connectivity index (χ0n) is 23.4. The van der Waals surface area contributed by atoms with Crippen molar-refractivity contribution in [1.29, 1.82) is 0 Å². The molecule has 12 nitrogen and oxygen atoms in total. The van der Waals surface area contributed by atoms with E-state index in [2.05, 4.69) is 35.8 Å². The van der Waals surface area contributed by atoms with Crippen molar-refractivity contribution in [3.63, 3.8) is 0 Å². The molecule has 1 aromatic carbocycles. The van der Waals surface area contributed by atoms with Crippen LogP contribution in [0.3, 0.4) is 0 Å². The molecule has 3 aliphatic rings. The number of halogens is 4. The molecule has 1 spiro atoms. The van der Waals surface area contributed by atoms with Crippen LogP contribution in [0.2, 0.25) is 5.02 Å². The Balaban J connectivity index is 1.13. The van der Waals surface area contributed by atoms with E-state index in [1.54, 1.807) is 40.9 Å². The molecule has 2 fully saturated rings. The van der Waals surface area contributed by atoms with Gasteiger partial charge in [-0.1, -0.05) is 17.7 Å². The summed E-state index contributed by atoms with van der Waals surface area (Å²) in [5.74, 6) is 0.674. The minimum absolute atomic E-state index is 0.0338. The molecule has 3 amide bonds. The van der Waals surface area contributed by atoms with Crippen LogP contribution in [0.15, 0.2) is 37.1 Å². The number of rotatable bonds is 5. The summed E-state index contributed by atoms with van der Waals surface area (Å²) >= 11 is 6.29. The smallest absolute Gasteiger partial charge is 0.413 e. The molecule has 16 heteroatoms. The fourth-order valence-corrected chi connectivity index (χ4v) is 6.57. The highest BCUT2D eigenvalue weighted by atomic mass is 35.5. The second-order valence-electron chi connectivity index (χ2n) is 11.5. The Bertz CT molecular complexity index is 1780. The Labute approximate surface area is 253 Å². The van der Waals surface area contributed by atoms with Gasteiger partial charge in [0.05, 0.1) is 34.0 Å². The topological polar surface area (TPSA) is 143 Å². The predicted molar refractivity (Wildman–Crippen MR) is 151 cm³/mol. The molecule has 3 aromatic heterocycles. The van der Waals surface area contributed by atoms with Crippen molar-refractivity contribution in [3.05, 3.63) is 64.7 Å². The lowest BCUT2D eigenvalue weighted by atomic mass is 9.84. The number of ether oxygens (including phenoxy) is 1. The summed E-state index contributed by atoms with van der Waals surface area (Å²) in [6.45, 7) is 2.29. The number of aromatic amines is 1. The molecule has 230 valence electrons. The molecule has 1 saturated heterocycles. The molecular formula is C28H27ClF3N9O3. The largest absolute Gasteiger partial charge is 0.437 e. The molecule has 4 aromatic rings. The fourth-order valence-electron chi connectivity index (χ4n) is 6.36. The summed E-state index contributed by atoms with van der Waals surface area (Å²) in [5.41, 5.74) is -0.951. The zero-order valence-corrected chi connectivity index (χ0v) is 24.2. The number of imidazole rings is 1. The van der Waals surface area contributed by atoms with Crippen LogP contribution < -0.4 is 10.6 Å². The SMILES string of the molecule is CC(NC(=O)N1CCC2(CC1)OC(=O)Nc1ncncc12)c1ncc(C2(C(F)(F)F)CC2)n1Cc1ccc(Cl)c2[nH]ncc12. The number of benzene rings is 1. The standard InChI is InChI=1S/C28H27ClF3N9O3/c1-15(37-24(42)40-8-6-27(7-9-40)18-11-33-14-35-22(18)38-25(43)44-27)23-34-12-20(26(4-5-26)28(30,31)32)41(23)13-16-2-3-19(29)21-17(16)10-36-39-21/h2-3,10-12,14-15H,4-9,13H2,1H3,(H,36,39)(H,37,42)(H,33,35,38,43). The highest BCUT2D eigenvalue weighted by Crippen LogP contribution is 2.59. The van der Waals surface area contributed by atoms with Crippen molar-refractivity contribution in [2.75, 3.05) is 18.4 Å². The number of piperidine rings is 1. The second-order valence-corrected chi connectivity index (χ2v) is 11.9. The number of aromatic nitrogens is 6. The van der Waals surface area contributed by atoms with E-state index in [4.69, 9.17) is 16.3 Å². The third kappa shape index (κ3) is 4.52. The number of carbonyl (C=O) groups is 2. The first-order valence-corrected chi connectivity index (χ1v) is 14.5. The molecule has 5 heterocycles. The Morgan fingerprint density at radius 2 is 1.93 bits per heavy atom. The number of urea groups is 1. The van der Waals surface area contributed by atoms with Crippen LogP contribution >= 0.6 is 11.6 Å². The van der Waals surface area contributed by atoms with Gasteiger partial charge in [0.1, 0.15) is 29.0 Å². The molecule has 0 radical (unpaired) electrons. The maximum Gasteiger partial charge on any atom is 0.413 e. The highest BCUT2D eigenvalue weighted by molar-refractivity contribution is 6.35. The van der Waals surface area contributed by atoms with E-state index in [9.17, 15) is 22.8 Å². The van der Waals surface area contributed by atoms with E-state index >= 15 is 0 Å². The van der Waals surface area contributed by atoms with Gasteiger partial charge in [0, 0.05) is 50.3 Å². The number of H-pyrrole nitrogens is 1. The molecule has 1 aliphatic carbocycles. The van der Waals surface area contributed by atoms with E-state index in [0.717, 1.165) is 0 Å². The van der Waals surface area contributed by atoms with Crippen LogP contribution in [-0.2, 0) is 22.3 Å². The van der Waals surface area contributed by atoms with E-state index < -0.39 is 35.4 Å². The van der Waals surface area contributed by atoms with Gasteiger partial charge in [-0.05, 0) is 31.4 Å². The number of alkyl halides is 3. The second kappa shape index (κ2) is 10.1. The van der Waals surface area contributed by atoms with Crippen LogP contribution in [0.25, 0.3) is 10.9 Å². The van der Waals surface area contributed by atoms with Gasteiger partial charge in [-0.3, -0.25) is 10.4 Å². The van der Waals surface area contributed by atoms with Gasteiger partial charge in [-0.2, -0.15) is 18.3 Å². The van der Waals surface area contributed by atoms with Crippen molar-refractivity contribution < 1.29 is 27.5 Å². The lowest BCUT2D eigenvalue weighted by molar-refractivity contribution is -0.162. The Morgan fingerprint density at radius 3 is 2.66 bits per heavy atom. The molecule has 44 heavy (non-hydrogen) atoms. The Hall–Kier alpha value is -4.40. The Kier molecular flexibility index (Phi) is 6.50. The third-order valence-electron chi connectivity index (χ3n) is 8.95. The number of nitrogens with zero attached hydrogens (tertiary/aromatic N) is 6. The van der Waals surface area contributed by atoms with E-state index in [-0.39, 0.29) is 38.2 Å². The van der Waals surface area contributed by atoms with Gasteiger partial charge >= 0.3 is 18.3 Å². The molecule has 7 rings (SSSR count). The summed E-state index contributed by atoms with van der Waals surface area (Å²) in [6, 6.07) is 2.29. The summed E-state index contributed by atoms with van der Waals surface area (Å²) < 4.78 is 50.1. The number of anilines is 1. The van der Waals surface area contributed by atoms with Crippen molar-refractivity contribution in [2.24, 2.45) is 0 Å². The average molecular weight is 630 g/mol. The predicted octanol–water partition coefficient (Wildman–Crippen LogP) is 5.17. The van der Waals surface area contributed by atoms with Crippen LogP contribution in [0.5, 0.6) is 0 Å². The van der Waals surface area contributed by atoms with Crippen LogP contribution in [0.4, 0.5) is 28.6 Å². The molecule has 1 saturated carbocycles. The zero-order chi connectivity index (χ0) is 30.9. The number of carbonyl (C=O) groups excluding carboxylic acids is 2. The molecule has 2 aliphatic heterocycles. The van der Waals surface area contributed by atoms with Gasteiger partial charge in [-0.25, -0.2) is 24.5 Å². The number of nitrogens with one attached hydrogen (secondary N) is 3. The number of likely N-dealkylation sites (tertiary alicyclic amines) is 1. The van der Waals surface area contributed by atoms with Crippen molar-refractivity contribution in [1.82, 2.24) is 39.9 Å². The highest BCUT2D eigenvalue weighted by Gasteiger charge is 2.66. The van der Waals surface area contributed by atoms with Gasteiger partial charge in [0.2, 0.25) is 0 Å². The maximum atomic E-state index is 14.3. The first-order valence-electron chi connectivity index (χ1n) is 14.1. The first kappa shape index (κ1) is 28.4. The van der Waals surface area contributed by atoms with E-state index in [1.165, 1.54) is 12.5 Å². The van der Waals surface area contributed by atoms with Crippen molar-refractivity contribution in [3.8, 4) is 0 Å². The number of hydrogen-bond donors (Lipinski definition) is 3. The lowest BCUT2D eigenvalue weighted by Gasteiger charge is -2.43. The average Bonchev–Trinajstić information content (AvgIpc) is 3.46. The summed E-state index contributed by atoms with van der Waals surface area (Å²) in [4.78, 5) is 39.8. The number of hydrogen-bond acceptors (Lipinski definition) is 7. The van der Waals surface area contributed by atoms with Crippen LogP contribution in [0, 0.1) is 0 Å². The quantitative estimate of drug-likeness (QED) is 0.276. The molecule has 1 unspecified atom stereocenters. The normalized spacial score (nSPS) is 19.3. The van der Waals surface area contributed by atoms with Crippen molar-refractivity contribution in [2.45, 2.75) is 62.4 Å². The number of fused-ring (bicyclic) bond motifs is 3. The minimum Gasteiger partial charge on any atom is -0.437 e. The molecular weight excluding hydrogens is 603 g/mol. The van der Waals surface area contributed by atoms with Crippen LogP contribution in [0.1, 0.15) is 61.3 Å². The summed E-state index contributed by atoms with van der Waals surface area (Å²) in [5, 5.41) is 13.5. The number of amides is 3. The summed E-state index contributed by atoms with van der Waals surface area (Å²) in [7, 11) is 0. The molecule has 1 atom stereocenters. The lowest BCUT2D eigenvalue weighted by Crippen LogP contribution is -2.52. The molecule has 3 N–H and O–H groups in total.